The van der Waals surface area contributed by atoms with E-state index in [1.165, 1.54) is 27.4 Å². The zero-order chi connectivity index (χ0) is 22.7. The third kappa shape index (κ3) is 4.79. The molecule has 2 aliphatic heterocycles. The zero-order valence-corrected chi connectivity index (χ0v) is 19.0. The molecule has 2 fully saturated rings. The topological polar surface area (TPSA) is 70.2 Å². The fourth-order valence-electron chi connectivity index (χ4n) is 4.20. The molecule has 0 unspecified atom stereocenters. The van der Waals surface area contributed by atoms with Crippen molar-refractivity contribution >= 4 is 21.6 Å². The van der Waals surface area contributed by atoms with Crippen LogP contribution >= 0.6 is 0 Å². The van der Waals surface area contributed by atoms with Gasteiger partial charge in [0.1, 0.15) is 5.82 Å². The standard InChI is InChI=1S/C23H28FN3O4S/c1-25(17-18-5-4-6-19(24)15-18)23(28)21-16-20(7-8-22(21)26-9-2-3-10-26)32(29,30)27-11-13-31-14-12-27/h4-8,15-16H,2-3,9-14,17H2,1H3. The molecule has 0 aromatic heterocycles. The van der Waals surface area contributed by atoms with Crippen molar-refractivity contribution in [2.45, 2.75) is 24.3 Å². The first-order valence-electron chi connectivity index (χ1n) is 10.8. The number of morpholine rings is 1. The number of ether oxygens (including phenoxy) is 1. The summed E-state index contributed by atoms with van der Waals surface area (Å²) < 4.78 is 46.6. The Morgan fingerprint density at radius 3 is 2.47 bits per heavy atom. The lowest BCUT2D eigenvalue weighted by atomic mass is 10.1. The van der Waals surface area contributed by atoms with E-state index in [0.29, 0.717) is 37.4 Å². The first-order valence-corrected chi connectivity index (χ1v) is 12.3. The molecule has 0 N–H and O–H groups in total. The molecule has 0 atom stereocenters. The fourth-order valence-corrected chi connectivity index (χ4v) is 5.64. The lowest BCUT2D eigenvalue weighted by Crippen LogP contribution is -2.40. The summed E-state index contributed by atoms with van der Waals surface area (Å²) in [6.45, 7) is 3.15. The van der Waals surface area contributed by atoms with E-state index in [0.717, 1.165) is 31.6 Å². The average Bonchev–Trinajstić information content (AvgIpc) is 3.33. The molecule has 32 heavy (non-hydrogen) atoms. The molecule has 7 nitrogen and oxygen atoms in total. The number of carbonyl (C=O) groups is 1. The van der Waals surface area contributed by atoms with Gasteiger partial charge in [0.2, 0.25) is 10.0 Å². The van der Waals surface area contributed by atoms with E-state index in [1.54, 1.807) is 31.3 Å². The molecule has 9 heteroatoms. The molecule has 2 aliphatic rings. The Labute approximate surface area is 188 Å². The second kappa shape index (κ2) is 9.56. The smallest absolute Gasteiger partial charge is 0.256 e. The molecule has 1 amide bonds. The van der Waals surface area contributed by atoms with Gasteiger partial charge < -0.3 is 14.5 Å². The molecule has 0 spiro atoms. The van der Waals surface area contributed by atoms with E-state index >= 15 is 0 Å². The predicted molar refractivity (Wildman–Crippen MR) is 120 cm³/mol. The summed E-state index contributed by atoms with van der Waals surface area (Å²) in [4.78, 5) is 17.2. The number of sulfonamides is 1. The van der Waals surface area contributed by atoms with E-state index in [9.17, 15) is 17.6 Å². The SMILES string of the molecule is CN(Cc1cccc(F)c1)C(=O)c1cc(S(=O)(=O)N2CCOCC2)ccc1N1CCCC1. The first kappa shape index (κ1) is 22.7. The van der Waals surface area contributed by atoms with Crippen LogP contribution in [0.1, 0.15) is 28.8 Å². The molecule has 0 aliphatic carbocycles. The molecule has 2 aromatic rings. The predicted octanol–water partition coefficient (Wildman–Crippen LogP) is 2.72. The van der Waals surface area contributed by atoms with Crippen LogP contribution in [0.3, 0.4) is 0 Å². The van der Waals surface area contributed by atoms with Crippen molar-refractivity contribution in [1.29, 1.82) is 0 Å². The monoisotopic (exact) mass is 461 g/mol. The summed E-state index contributed by atoms with van der Waals surface area (Å²) in [7, 11) is -2.09. The molecular formula is C23H28FN3O4S. The van der Waals surface area contributed by atoms with E-state index in [2.05, 4.69) is 4.90 Å². The molecule has 0 radical (unpaired) electrons. The fraction of sp³-hybridized carbons (Fsp3) is 0.435. The number of benzene rings is 2. The minimum Gasteiger partial charge on any atom is -0.379 e. The summed E-state index contributed by atoms with van der Waals surface area (Å²) in [5.74, 6) is -0.658. The van der Waals surface area contributed by atoms with Crippen molar-refractivity contribution in [2.24, 2.45) is 0 Å². The van der Waals surface area contributed by atoms with Gasteiger partial charge in [0.25, 0.3) is 5.91 Å². The summed E-state index contributed by atoms with van der Waals surface area (Å²) in [6.07, 6.45) is 2.06. The maximum atomic E-state index is 13.6. The number of nitrogens with zero attached hydrogens (tertiary/aromatic N) is 3. The van der Waals surface area contributed by atoms with Crippen LogP contribution in [0.25, 0.3) is 0 Å². The zero-order valence-electron chi connectivity index (χ0n) is 18.2. The highest BCUT2D eigenvalue weighted by Crippen LogP contribution is 2.30. The number of hydrogen-bond acceptors (Lipinski definition) is 5. The molecule has 2 heterocycles. The Kier molecular flexibility index (Phi) is 6.78. The Morgan fingerprint density at radius 2 is 1.78 bits per heavy atom. The number of amides is 1. The minimum atomic E-state index is -3.73. The normalized spacial score (nSPS) is 17.5. The van der Waals surface area contributed by atoms with Gasteiger partial charge in [-0.2, -0.15) is 4.31 Å². The summed E-state index contributed by atoms with van der Waals surface area (Å²) in [6, 6.07) is 10.9. The van der Waals surface area contributed by atoms with Gasteiger partial charge in [0.15, 0.2) is 0 Å². The van der Waals surface area contributed by atoms with Crippen molar-refractivity contribution in [3.05, 3.63) is 59.4 Å². The number of anilines is 1. The van der Waals surface area contributed by atoms with Crippen molar-refractivity contribution < 1.29 is 22.3 Å². The van der Waals surface area contributed by atoms with Crippen molar-refractivity contribution in [3.63, 3.8) is 0 Å². The Hall–Kier alpha value is -2.49. The highest BCUT2D eigenvalue weighted by atomic mass is 32.2. The van der Waals surface area contributed by atoms with Gasteiger partial charge in [-0.25, -0.2) is 12.8 Å². The van der Waals surface area contributed by atoms with Crippen LogP contribution in [-0.2, 0) is 21.3 Å². The van der Waals surface area contributed by atoms with E-state index in [-0.39, 0.29) is 23.2 Å². The summed E-state index contributed by atoms with van der Waals surface area (Å²) in [5, 5.41) is 0. The average molecular weight is 462 g/mol. The van der Waals surface area contributed by atoms with Crippen LogP contribution < -0.4 is 4.90 Å². The molecule has 172 valence electrons. The number of halogens is 1. The minimum absolute atomic E-state index is 0.102. The molecular weight excluding hydrogens is 433 g/mol. The van der Waals surface area contributed by atoms with Crippen molar-refractivity contribution in [3.8, 4) is 0 Å². The molecule has 0 saturated carbocycles. The Bertz CT molecular complexity index is 1080. The maximum Gasteiger partial charge on any atom is 0.256 e. The maximum absolute atomic E-state index is 13.6. The number of rotatable bonds is 6. The molecule has 4 rings (SSSR count). The molecule has 2 aromatic carbocycles. The second-order valence-corrected chi connectivity index (χ2v) is 10.1. The quantitative estimate of drug-likeness (QED) is 0.662. The third-order valence-corrected chi connectivity index (χ3v) is 7.80. The third-order valence-electron chi connectivity index (χ3n) is 5.91. The van der Waals surface area contributed by atoms with E-state index in [1.807, 2.05) is 0 Å². The summed E-state index contributed by atoms with van der Waals surface area (Å²) in [5.41, 5.74) is 1.75. The van der Waals surface area contributed by atoms with Gasteiger partial charge in [-0.1, -0.05) is 12.1 Å². The molecule has 0 bridgehead atoms. The van der Waals surface area contributed by atoms with Crippen LogP contribution in [0.4, 0.5) is 10.1 Å². The van der Waals surface area contributed by atoms with Crippen LogP contribution in [0, 0.1) is 5.82 Å². The van der Waals surface area contributed by atoms with Crippen molar-refractivity contribution in [1.82, 2.24) is 9.21 Å². The van der Waals surface area contributed by atoms with Crippen LogP contribution in [-0.4, -0.2) is 70.0 Å². The van der Waals surface area contributed by atoms with Crippen LogP contribution in [0.2, 0.25) is 0 Å². The van der Waals surface area contributed by atoms with E-state index < -0.39 is 10.0 Å². The van der Waals surface area contributed by atoms with Gasteiger partial charge >= 0.3 is 0 Å². The summed E-state index contributed by atoms with van der Waals surface area (Å²) >= 11 is 0. The van der Waals surface area contributed by atoms with Gasteiger partial charge in [0.05, 0.1) is 23.7 Å². The lowest BCUT2D eigenvalue weighted by molar-refractivity contribution is 0.0730. The Morgan fingerprint density at radius 1 is 1.06 bits per heavy atom. The van der Waals surface area contributed by atoms with Gasteiger partial charge in [-0.15, -0.1) is 0 Å². The van der Waals surface area contributed by atoms with E-state index in [4.69, 9.17) is 4.74 Å². The number of carbonyl (C=O) groups excluding carboxylic acids is 1. The van der Waals surface area contributed by atoms with Gasteiger partial charge in [-0.3, -0.25) is 4.79 Å². The highest BCUT2D eigenvalue weighted by molar-refractivity contribution is 7.89. The second-order valence-electron chi connectivity index (χ2n) is 8.18. The van der Waals surface area contributed by atoms with Crippen molar-refractivity contribution in [2.75, 3.05) is 51.3 Å². The van der Waals surface area contributed by atoms with Crippen LogP contribution in [0.15, 0.2) is 47.4 Å². The van der Waals surface area contributed by atoms with Crippen LogP contribution in [0.5, 0.6) is 0 Å². The lowest BCUT2D eigenvalue weighted by Gasteiger charge is -2.28. The molecule has 2 saturated heterocycles. The highest BCUT2D eigenvalue weighted by Gasteiger charge is 2.29. The number of hydrogen-bond donors (Lipinski definition) is 0. The Balaban J connectivity index is 1.67. The van der Waals surface area contributed by atoms with Gasteiger partial charge in [-0.05, 0) is 48.7 Å². The first-order chi connectivity index (χ1) is 15.4. The largest absolute Gasteiger partial charge is 0.379 e. The van der Waals surface area contributed by atoms with Gasteiger partial charge in [0, 0.05) is 45.5 Å².